The van der Waals surface area contributed by atoms with Gasteiger partial charge in [0.05, 0.1) is 27.6 Å². The fourth-order valence-corrected chi connectivity index (χ4v) is 6.14. The van der Waals surface area contributed by atoms with Crippen LogP contribution in [0, 0.1) is 0 Å². The van der Waals surface area contributed by atoms with Crippen LogP contribution in [-0.4, -0.2) is 18.5 Å². The number of hydrogen-bond donors (Lipinski definition) is 0. The van der Waals surface area contributed by atoms with E-state index in [2.05, 4.69) is 117 Å². The summed E-state index contributed by atoms with van der Waals surface area (Å²) in [6.45, 7) is 0. The van der Waals surface area contributed by atoms with E-state index in [9.17, 15) is 0 Å². The quantitative estimate of drug-likeness (QED) is 0.246. The monoisotopic (exact) mass is 488 g/mol. The molecule has 4 heterocycles. The van der Waals surface area contributed by atoms with Crippen molar-refractivity contribution >= 4 is 60.6 Å². The van der Waals surface area contributed by atoms with Gasteiger partial charge in [-0.3, -0.25) is 9.13 Å². The second-order valence-electron chi connectivity index (χ2n) is 9.69. The Hall–Kier alpha value is -5.29. The molecule has 0 spiro atoms. The molecule has 0 aliphatic carbocycles. The SMILES string of the molecule is c1ccc2c(c1)oc1nc(-n3c4ccccc4c4ccccc43)c(-n3c4ccccc4c4ccccc43)n12. The zero-order valence-corrected chi connectivity index (χ0v) is 20.2. The minimum absolute atomic E-state index is 0.569. The lowest BCUT2D eigenvalue weighted by Gasteiger charge is -2.12. The van der Waals surface area contributed by atoms with Crippen molar-refractivity contribution in [2.45, 2.75) is 0 Å². The Morgan fingerprint density at radius 2 is 0.868 bits per heavy atom. The van der Waals surface area contributed by atoms with E-state index in [0.29, 0.717) is 5.84 Å². The molecule has 4 aromatic heterocycles. The molecule has 9 rings (SSSR count). The highest BCUT2D eigenvalue weighted by Crippen LogP contribution is 2.39. The van der Waals surface area contributed by atoms with Gasteiger partial charge in [-0.05, 0) is 36.4 Å². The molecule has 0 aliphatic rings. The fourth-order valence-electron chi connectivity index (χ4n) is 6.14. The maximum atomic E-state index is 6.34. The molecule has 0 unspecified atom stereocenters. The first-order valence-corrected chi connectivity index (χ1v) is 12.8. The molecular weight excluding hydrogens is 468 g/mol. The van der Waals surface area contributed by atoms with E-state index >= 15 is 0 Å². The van der Waals surface area contributed by atoms with E-state index in [1.165, 1.54) is 21.5 Å². The highest BCUT2D eigenvalue weighted by molar-refractivity contribution is 6.11. The Kier molecular flexibility index (Phi) is 3.73. The number of nitrogens with zero attached hydrogens (tertiary/aromatic N) is 4. The first kappa shape index (κ1) is 19.8. The Morgan fingerprint density at radius 1 is 0.447 bits per heavy atom. The predicted molar refractivity (Wildman–Crippen MR) is 154 cm³/mol. The van der Waals surface area contributed by atoms with E-state index in [-0.39, 0.29) is 0 Å². The van der Waals surface area contributed by atoms with Crippen molar-refractivity contribution in [2.75, 3.05) is 0 Å². The number of aromatic nitrogens is 4. The van der Waals surface area contributed by atoms with Crippen LogP contribution in [0.4, 0.5) is 0 Å². The van der Waals surface area contributed by atoms with Crippen molar-refractivity contribution in [3.63, 3.8) is 0 Å². The van der Waals surface area contributed by atoms with Crippen LogP contribution in [0.15, 0.2) is 126 Å². The highest BCUT2D eigenvalue weighted by atomic mass is 16.4. The molecular formula is C33H20N4O. The van der Waals surface area contributed by atoms with Gasteiger partial charge in [-0.1, -0.05) is 84.9 Å². The summed E-state index contributed by atoms with van der Waals surface area (Å²) in [7, 11) is 0. The molecule has 0 saturated carbocycles. The number of fused-ring (bicyclic) bond motifs is 9. The van der Waals surface area contributed by atoms with Crippen molar-refractivity contribution in [1.29, 1.82) is 0 Å². The van der Waals surface area contributed by atoms with Crippen LogP contribution < -0.4 is 0 Å². The molecule has 0 saturated heterocycles. The van der Waals surface area contributed by atoms with Gasteiger partial charge in [0.2, 0.25) is 0 Å². The average molecular weight is 489 g/mol. The van der Waals surface area contributed by atoms with Gasteiger partial charge < -0.3 is 4.42 Å². The third-order valence-electron chi connectivity index (χ3n) is 7.70. The van der Waals surface area contributed by atoms with E-state index < -0.39 is 0 Å². The van der Waals surface area contributed by atoms with Crippen LogP contribution in [0.25, 0.3) is 72.2 Å². The number of para-hydroxylation sites is 6. The number of benzene rings is 5. The van der Waals surface area contributed by atoms with Gasteiger partial charge in [0.1, 0.15) is 0 Å². The van der Waals surface area contributed by atoms with Gasteiger partial charge in [0.25, 0.3) is 0 Å². The Bertz CT molecular complexity index is 2260. The number of rotatable bonds is 2. The lowest BCUT2D eigenvalue weighted by atomic mass is 10.2. The Morgan fingerprint density at radius 3 is 1.39 bits per heavy atom. The van der Waals surface area contributed by atoms with E-state index in [4.69, 9.17) is 9.40 Å². The Balaban J connectivity index is 1.55. The summed E-state index contributed by atoms with van der Waals surface area (Å²) in [5, 5.41) is 4.81. The molecule has 178 valence electrons. The van der Waals surface area contributed by atoms with Crippen molar-refractivity contribution in [2.24, 2.45) is 0 Å². The molecule has 0 radical (unpaired) electrons. The largest absolute Gasteiger partial charge is 0.423 e. The van der Waals surface area contributed by atoms with Crippen LogP contribution in [0.5, 0.6) is 0 Å². The topological polar surface area (TPSA) is 40.3 Å². The molecule has 5 nitrogen and oxygen atoms in total. The molecule has 0 bridgehead atoms. The zero-order valence-electron chi connectivity index (χ0n) is 20.2. The maximum absolute atomic E-state index is 6.34. The summed E-state index contributed by atoms with van der Waals surface area (Å²) in [6.07, 6.45) is 0. The standard InChI is InChI=1S/C33H20N4O/c1-5-15-25-21(11-1)22-12-2-6-16-26(22)35(25)31-32(37-29-19-9-10-20-30(29)38-33(37)34-31)36-27-17-7-3-13-23(27)24-14-4-8-18-28(24)36/h1-20H. The van der Waals surface area contributed by atoms with Gasteiger partial charge in [-0.2, -0.15) is 4.98 Å². The van der Waals surface area contributed by atoms with Crippen LogP contribution in [-0.2, 0) is 0 Å². The summed E-state index contributed by atoms with van der Waals surface area (Å²) in [4.78, 5) is 5.20. The molecule has 0 aliphatic heterocycles. The van der Waals surface area contributed by atoms with Gasteiger partial charge in [-0.15, -0.1) is 0 Å². The third kappa shape index (κ3) is 2.43. The third-order valence-corrected chi connectivity index (χ3v) is 7.70. The minimum Gasteiger partial charge on any atom is -0.423 e. The van der Waals surface area contributed by atoms with Crippen molar-refractivity contribution in [1.82, 2.24) is 18.5 Å². The van der Waals surface area contributed by atoms with Crippen molar-refractivity contribution in [3.8, 4) is 11.6 Å². The van der Waals surface area contributed by atoms with Crippen LogP contribution >= 0.6 is 0 Å². The normalized spacial score (nSPS) is 12.2. The van der Waals surface area contributed by atoms with Gasteiger partial charge in [0.15, 0.2) is 17.2 Å². The second kappa shape index (κ2) is 7.14. The van der Waals surface area contributed by atoms with Crippen LogP contribution in [0.1, 0.15) is 0 Å². The molecule has 0 amide bonds. The molecule has 38 heavy (non-hydrogen) atoms. The molecule has 9 aromatic rings. The fraction of sp³-hybridized carbons (Fsp3) is 0. The minimum atomic E-state index is 0.569. The van der Waals surface area contributed by atoms with Crippen molar-refractivity contribution in [3.05, 3.63) is 121 Å². The molecule has 0 N–H and O–H groups in total. The van der Waals surface area contributed by atoms with E-state index in [0.717, 1.165) is 44.8 Å². The first-order valence-electron chi connectivity index (χ1n) is 12.8. The molecule has 5 heteroatoms. The zero-order chi connectivity index (χ0) is 24.8. The first-order chi connectivity index (χ1) is 18.9. The number of oxazole rings is 1. The molecule has 0 fully saturated rings. The molecule has 5 aromatic carbocycles. The highest BCUT2D eigenvalue weighted by Gasteiger charge is 2.26. The predicted octanol–water partition coefficient (Wildman–Crippen LogP) is 8.27. The molecule has 0 atom stereocenters. The van der Waals surface area contributed by atoms with E-state index in [1.807, 2.05) is 18.2 Å². The van der Waals surface area contributed by atoms with Crippen molar-refractivity contribution < 1.29 is 4.42 Å². The summed E-state index contributed by atoms with van der Waals surface area (Å²) < 4.78 is 13.1. The summed E-state index contributed by atoms with van der Waals surface area (Å²) >= 11 is 0. The summed E-state index contributed by atoms with van der Waals surface area (Å²) in [5.74, 6) is 2.35. The smallest absolute Gasteiger partial charge is 0.310 e. The van der Waals surface area contributed by atoms with E-state index in [1.54, 1.807) is 0 Å². The Labute approximate surface area is 216 Å². The summed E-state index contributed by atoms with van der Waals surface area (Å²) in [5.41, 5.74) is 6.27. The number of hydrogen-bond acceptors (Lipinski definition) is 2. The van der Waals surface area contributed by atoms with Crippen LogP contribution in [0.3, 0.4) is 0 Å². The lowest BCUT2D eigenvalue weighted by molar-refractivity contribution is 0.641. The van der Waals surface area contributed by atoms with Gasteiger partial charge in [-0.25, -0.2) is 4.40 Å². The second-order valence-corrected chi connectivity index (χ2v) is 9.69. The van der Waals surface area contributed by atoms with Crippen LogP contribution in [0.2, 0.25) is 0 Å². The lowest BCUT2D eigenvalue weighted by Crippen LogP contribution is -2.05. The average Bonchev–Trinajstić information content (AvgIpc) is 3.69. The van der Waals surface area contributed by atoms with Gasteiger partial charge >= 0.3 is 5.84 Å². The number of imidazole rings is 1. The maximum Gasteiger partial charge on any atom is 0.310 e. The van der Waals surface area contributed by atoms with Gasteiger partial charge in [0, 0.05) is 21.5 Å². The summed E-state index contributed by atoms with van der Waals surface area (Å²) in [6, 6.07) is 42.4.